The van der Waals surface area contributed by atoms with Crippen LogP contribution in [0.2, 0.25) is 0 Å². The molecule has 0 saturated carbocycles. The van der Waals surface area contributed by atoms with E-state index in [1.165, 1.54) is 38.5 Å². The van der Waals surface area contributed by atoms with Gasteiger partial charge in [-0.2, -0.15) is 0 Å². The molecule has 10 heavy (non-hydrogen) atoms. The van der Waals surface area contributed by atoms with Crippen LogP contribution in [0.4, 0.5) is 0 Å². The average molecular weight is 249 g/mol. The molecule has 0 atom stereocenters. The first-order chi connectivity index (χ1) is 4.91. The van der Waals surface area contributed by atoms with E-state index in [9.17, 15) is 0 Å². The number of hydrogen-bond donors (Lipinski definition) is 0. The van der Waals surface area contributed by atoms with Gasteiger partial charge in [-0.1, -0.05) is 0 Å². The van der Waals surface area contributed by atoms with Crippen LogP contribution in [-0.2, 0) is 3.07 Å². The molecule has 60 valence electrons. The summed E-state index contributed by atoms with van der Waals surface area (Å²) in [6, 6.07) is 0. The van der Waals surface area contributed by atoms with Gasteiger partial charge >= 0.3 is 78.1 Å². The number of rotatable bonds is 7. The van der Waals surface area contributed by atoms with E-state index in [-0.39, 0.29) is 0 Å². The predicted octanol–water partition coefficient (Wildman–Crippen LogP) is 2.18. The van der Waals surface area contributed by atoms with Crippen molar-refractivity contribution in [1.82, 2.24) is 0 Å². The van der Waals surface area contributed by atoms with Crippen LogP contribution >= 0.6 is 0 Å². The van der Waals surface area contributed by atoms with Crippen LogP contribution in [0.1, 0.15) is 45.4 Å². The predicted molar refractivity (Wildman–Crippen MR) is 46.5 cm³/mol. The van der Waals surface area contributed by atoms with Gasteiger partial charge in [-0.3, -0.25) is 0 Å². The van der Waals surface area contributed by atoms with Crippen molar-refractivity contribution in [3.8, 4) is 0 Å². The monoisotopic (exact) mass is 250 g/mol. The van der Waals surface area contributed by atoms with Gasteiger partial charge in [-0.15, -0.1) is 0 Å². The third-order valence-electron chi connectivity index (χ3n) is 1.62. The molecule has 0 rings (SSSR count). The standard InChI is InChI=1S/C8H17O.Sn.H/c1-2-3-4-5-6-7-8-9;;/h2-8H2,1H3;;/q-1;+1;. The molecule has 0 unspecified atom stereocenters. The van der Waals surface area contributed by atoms with Crippen LogP contribution in [0.5, 0.6) is 0 Å². The van der Waals surface area contributed by atoms with Crippen molar-refractivity contribution in [2.24, 2.45) is 0 Å². The summed E-state index contributed by atoms with van der Waals surface area (Å²) < 4.78 is 5.08. The van der Waals surface area contributed by atoms with Gasteiger partial charge in [0, 0.05) is 0 Å². The summed E-state index contributed by atoms with van der Waals surface area (Å²) in [6.45, 7) is 3.24. The summed E-state index contributed by atoms with van der Waals surface area (Å²) in [6.07, 6.45) is 8.19. The maximum atomic E-state index is 5.08. The summed E-state index contributed by atoms with van der Waals surface area (Å²) >= 11 is 0.964. The summed E-state index contributed by atoms with van der Waals surface area (Å²) in [7, 11) is 0. The molecule has 2 heteroatoms. The van der Waals surface area contributed by atoms with Gasteiger partial charge < -0.3 is 0 Å². The Hall–Kier alpha value is 0.759. The van der Waals surface area contributed by atoms with Gasteiger partial charge in [0.1, 0.15) is 0 Å². The van der Waals surface area contributed by atoms with Crippen LogP contribution < -0.4 is 0 Å². The van der Waals surface area contributed by atoms with Crippen LogP contribution in [0.15, 0.2) is 0 Å². The zero-order valence-corrected chi connectivity index (χ0v) is 10.2. The molecule has 0 aliphatic heterocycles. The molecule has 0 fully saturated rings. The van der Waals surface area contributed by atoms with Crippen molar-refractivity contribution in [2.45, 2.75) is 45.4 Å². The van der Waals surface area contributed by atoms with E-state index in [0.717, 1.165) is 29.5 Å². The minimum atomic E-state index is 0.964. The first kappa shape index (κ1) is 10.8. The summed E-state index contributed by atoms with van der Waals surface area (Å²) in [5, 5.41) is 0. The fraction of sp³-hybridized carbons (Fsp3) is 1.00. The Morgan fingerprint density at radius 1 is 1.00 bits per heavy atom. The van der Waals surface area contributed by atoms with E-state index in [0.29, 0.717) is 0 Å². The molecule has 0 bridgehead atoms. The average Bonchev–Trinajstić information content (AvgIpc) is 1.97. The third-order valence-corrected chi connectivity index (χ3v) is 2.29. The van der Waals surface area contributed by atoms with Crippen molar-refractivity contribution >= 4 is 22.9 Å². The third kappa shape index (κ3) is 8.76. The molecule has 0 aliphatic rings. The topological polar surface area (TPSA) is 9.23 Å². The van der Waals surface area contributed by atoms with Gasteiger partial charge in [0.25, 0.3) is 0 Å². The van der Waals surface area contributed by atoms with Crippen molar-refractivity contribution in [2.75, 3.05) is 6.61 Å². The van der Waals surface area contributed by atoms with Crippen molar-refractivity contribution < 1.29 is 3.07 Å². The zero-order chi connectivity index (χ0) is 7.66. The Morgan fingerprint density at radius 3 is 2.20 bits per heavy atom. The molecule has 1 nitrogen and oxygen atoms in total. The van der Waals surface area contributed by atoms with Crippen LogP contribution in [0.25, 0.3) is 0 Å². The fourth-order valence-electron chi connectivity index (χ4n) is 0.966. The van der Waals surface area contributed by atoms with Crippen molar-refractivity contribution in [3.63, 3.8) is 0 Å². The fourth-order valence-corrected chi connectivity index (χ4v) is 1.44. The minimum absolute atomic E-state index is 0.964. The van der Waals surface area contributed by atoms with E-state index in [1.807, 2.05) is 0 Å². The van der Waals surface area contributed by atoms with Crippen LogP contribution in [-0.4, -0.2) is 29.5 Å². The Labute approximate surface area is 78.2 Å². The SMILES string of the molecule is CCCCCCCC[O][SnH]. The number of unbranched alkanes of at least 4 members (excludes halogenated alkanes) is 5. The molecule has 0 saturated heterocycles. The molecular weight excluding hydrogens is 231 g/mol. The van der Waals surface area contributed by atoms with Gasteiger partial charge in [-0.05, 0) is 0 Å². The molecule has 0 spiro atoms. The second-order valence-electron chi connectivity index (χ2n) is 2.64. The zero-order valence-electron chi connectivity index (χ0n) is 6.94. The van der Waals surface area contributed by atoms with Crippen LogP contribution in [0.3, 0.4) is 0 Å². The second kappa shape index (κ2) is 9.76. The van der Waals surface area contributed by atoms with Gasteiger partial charge in [-0.25, -0.2) is 0 Å². The van der Waals surface area contributed by atoms with E-state index >= 15 is 0 Å². The summed E-state index contributed by atoms with van der Waals surface area (Å²) in [4.78, 5) is 0. The van der Waals surface area contributed by atoms with Gasteiger partial charge in [0.05, 0.1) is 0 Å². The quantitative estimate of drug-likeness (QED) is 0.496. The summed E-state index contributed by atoms with van der Waals surface area (Å²) in [5.74, 6) is 0. The Balaban J connectivity index is 2.65. The second-order valence-corrected chi connectivity index (χ2v) is 3.59. The first-order valence-corrected chi connectivity index (χ1v) is 5.58. The number of hydrogen-bond acceptors (Lipinski definition) is 1. The Bertz CT molecular complexity index is 49.2. The maximum absolute atomic E-state index is 5.08. The molecule has 0 N–H and O–H groups in total. The summed E-state index contributed by atoms with van der Waals surface area (Å²) in [5.41, 5.74) is 0. The molecule has 0 aromatic carbocycles. The normalized spacial score (nSPS) is 10.2. The molecule has 0 aromatic rings. The molecule has 0 aromatic heterocycles. The van der Waals surface area contributed by atoms with Gasteiger partial charge in [0.15, 0.2) is 0 Å². The van der Waals surface area contributed by atoms with E-state index in [2.05, 4.69) is 6.92 Å². The first-order valence-electron chi connectivity index (χ1n) is 4.23. The molecule has 0 heterocycles. The van der Waals surface area contributed by atoms with E-state index in [1.54, 1.807) is 0 Å². The van der Waals surface area contributed by atoms with Crippen molar-refractivity contribution in [1.29, 1.82) is 0 Å². The molecular formula is C8H18OSn. The molecule has 2 radical (unpaired) electrons. The van der Waals surface area contributed by atoms with E-state index in [4.69, 9.17) is 3.07 Å². The van der Waals surface area contributed by atoms with Gasteiger partial charge in [0.2, 0.25) is 0 Å². The Morgan fingerprint density at radius 2 is 1.60 bits per heavy atom. The Kier molecular flexibility index (Phi) is 10.5. The van der Waals surface area contributed by atoms with Crippen LogP contribution in [0, 0.1) is 0 Å². The molecule has 0 amide bonds. The molecule has 0 aliphatic carbocycles. The van der Waals surface area contributed by atoms with Crippen molar-refractivity contribution in [3.05, 3.63) is 0 Å². The van der Waals surface area contributed by atoms with E-state index < -0.39 is 0 Å².